The van der Waals surface area contributed by atoms with Crippen LogP contribution >= 0.6 is 11.3 Å². The van der Waals surface area contributed by atoms with Crippen LogP contribution in [0.2, 0.25) is 54.4 Å². The molecule has 1 aliphatic rings. The summed E-state index contributed by atoms with van der Waals surface area (Å²) in [6.07, 6.45) is 8.13. The molecule has 0 bridgehead atoms. The maximum Gasteiger partial charge on any atom is 0.305 e. The zero-order chi connectivity index (χ0) is 44.0. The second-order valence-corrected chi connectivity index (χ2v) is 37.5. The van der Waals surface area contributed by atoms with E-state index in [-0.39, 0.29) is 52.4 Å². The van der Waals surface area contributed by atoms with Crippen molar-refractivity contribution < 1.29 is 38.1 Å². The summed E-state index contributed by atoms with van der Waals surface area (Å²) in [5.74, 6) is 0.328. The van der Waals surface area contributed by atoms with Gasteiger partial charge >= 0.3 is 5.97 Å². The largest absolute Gasteiger partial charge is 0.465 e. The lowest BCUT2D eigenvalue weighted by atomic mass is 9.84. The van der Waals surface area contributed by atoms with E-state index >= 15 is 0 Å². The van der Waals surface area contributed by atoms with Gasteiger partial charge in [0.1, 0.15) is 6.61 Å². The van der Waals surface area contributed by atoms with Crippen LogP contribution < -0.4 is 0 Å². The highest BCUT2D eigenvalue weighted by Gasteiger charge is 2.51. The smallest absolute Gasteiger partial charge is 0.305 e. The topological polar surface area (TPSA) is 115 Å². The number of carbonyl (C=O) groups is 1. The van der Waals surface area contributed by atoms with Gasteiger partial charge in [-0.15, -0.1) is 11.3 Å². The molecule has 1 heterocycles. The van der Waals surface area contributed by atoms with Crippen LogP contribution in [0.15, 0.2) is 30.3 Å². The van der Waals surface area contributed by atoms with Gasteiger partial charge in [-0.1, -0.05) is 99.8 Å². The van der Waals surface area contributed by atoms with Crippen molar-refractivity contribution in [3.8, 4) is 0 Å². The third-order valence-electron chi connectivity index (χ3n) is 14.5. The van der Waals surface area contributed by atoms with Crippen LogP contribution in [-0.2, 0) is 22.8 Å². The first-order valence-corrected chi connectivity index (χ1v) is 31.7. The van der Waals surface area contributed by atoms with Gasteiger partial charge in [0.25, 0.3) is 0 Å². The fraction of sp³-hybridized carbons (Fsp3) is 0.804. The van der Waals surface area contributed by atoms with Crippen LogP contribution in [0.4, 0.5) is 0 Å². The number of thiophene rings is 1. The molecule has 3 rings (SSSR count). The van der Waals surface area contributed by atoms with Gasteiger partial charge in [0.15, 0.2) is 25.0 Å². The van der Waals surface area contributed by atoms with Crippen LogP contribution in [0.5, 0.6) is 0 Å². The van der Waals surface area contributed by atoms with Crippen molar-refractivity contribution in [1.82, 2.24) is 0 Å². The van der Waals surface area contributed by atoms with Gasteiger partial charge in [0, 0.05) is 16.0 Å². The molecule has 0 radical (unpaired) electrons. The van der Waals surface area contributed by atoms with Gasteiger partial charge in [-0.05, 0) is 116 Å². The lowest BCUT2D eigenvalue weighted by molar-refractivity contribution is -0.151. The second kappa shape index (κ2) is 20.5. The molecule has 58 heavy (non-hydrogen) atoms. The van der Waals surface area contributed by atoms with Crippen LogP contribution in [0.3, 0.4) is 0 Å². The number of aliphatic hydroxyl groups is 3. The molecule has 1 aromatic carbocycles. The van der Waals surface area contributed by atoms with Crippen molar-refractivity contribution in [1.29, 1.82) is 0 Å². The predicted molar refractivity (Wildman–Crippen MR) is 250 cm³/mol. The standard InChI is InChI=1S/C46H84O8SSi3/c1-43(2,3)56(10,11)52-37(41-28-34-22-20-21-24-40(34)55-41)27-26-36-35(23-18-16-17-19-25-42(50)51-33-46(30-47,31-48)32-49)38(53-57(12,13)44(4,5)6)29-39(36)54-58(14,15)45(7,8)9/h20-22,24,28,35-39,47-49H,16-19,23,25-27,29-33H2,1-15H3/t35-,36-,37?,38+,39-/m1/s1. The zero-order valence-corrected chi connectivity index (χ0v) is 43.1. The second-order valence-electron chi connectivity index (χ2n) is 22.1. The molecule has 1 unspecified atom stereocenters. The van der Waals surface area contributed by atoms with E-state index in [1.54, 1.807) is 0 Å². The molecule has 5 atom stereocenters. The molecule has 1 aromatic heterocycles. The maximum absolute atomic E-state index is 12.5. The number of fused-ring (bicyclic) bond motifs is 1. The Morgan fingerprint density at radius 3 is 1.72 bits per heavy atom. The SMILES string of the molecule is CC(C)(C)[Si](C)(C)OC(CC[C@@H]1[C@@H](CCCCCCC(=O)OCC(CO)(CO)CO)[C@@H](O[Si](C)(C)C(C)(C)C)C[C@H]1O[Si](C)(C)C(C)(C)C)c1cc2ccccc2s1. The lowest BCUT2D eigenvalue weighted by Gasteiger charge is -2.41. The number of carbonyl (C=O) groups excluding carboxylic acids is 1. The van der Waals surface area contributed by atoms with Gasteiger partial charge in [-0.2, -0.15) is 0 Å². The summed E-state index contributed by atoms with van der Waals surface area (Å²) in [5.41, 5.74) is -1.21. The fourth-order valence-corrected chi connectivity index (χ4v) is 12.5. The summed E-state index contributed by atoms with van der Waals surface area (Å²) in [5, 5.41) is 30.3. The molecule has 1 saturated carbocycles. The predicted octanol–water partition coefficient (Wildman–Crippen LogP) is 12.0. The highest BCUT2D eigenvalue weighted by atomic mass is 32.1. The monoisotopic (exact) mass is 881 g/mol. The minimum atomic E-state index is -2.11. The average molecular weight is 881 g/mol. The van der Waals surface area contributed by atoms with Crippen LogP contribution in [0.25, 0.3) is 10.1 Å². The fourth-order valence-electron chi connectivity index (χ4n) is 7.20. The van der Waals surface area contributed by atoms with Crippen molar-refractivity contribution >= 4 is 52.3 Å². The molecule has 0 amide bonds. The quantitative estimate of drug-likeness (QED) is 0.0609. The van der Waals surface area contributed by atoms with Crippen molar-refractivity contribution in [3.63, 3.8) is 0 Å². The number of hydrogen-bond acceptors (Lipinski definition) is 9. The minimum absolute atomic E-state index is 0.0184. The molecular formula is C46H84O8SSi3. The maximum atomic E-state index is 12.5. The van der Waals surface area contributed by atoms with Gasteiger partial charge in [0.05, 0.1) is 43.5 Å². The molecule has 8 nitrogen and oxygen atoms in total. The molecule has 1 fully saturated rings. The van der Waals surface area contributed by atoms with Crippen molar-refractivity contribution in [3.05, 3.63) is 35.2 Å². The van der Waals surface area contributed by atoms with E-state index in [4.69, 9.17) is 18.0 Å². The summed E-state index contributed by atoms with van der Waals surface area (Å²) in [4.78, 5) is 13.8. The van der Waals surface area contributed by atoms with Gasteiger partial charge < -0.3 is 33.3 Å². The Morgan fingerprint density at radius 2 is 1.22 bits per heavy atom. The van der Waals surface area contributed by atoms with E-state index in [1.165, 1.54) is 15.0 Å². The number of hydrogen-bond donors (Lipinski definition) is 3. The van der Waals surface area contributed by atoms with E-state index in [0.29, 0.717) is 18.3 Å². The number of benzene rings is 1. The first-order chi connectivity index (χ1) is 26.6. The number of aliphatic hydroxyl groups excluding tert-OH is 3. The minimum Gasteiger partial charge on any atom is -0.465 e. The van der Waals surface area contributed by atoms with E-state index in [1.807, 2.05) is 11.3 Å². The Morgan fingerprint density at radius 1 is 0.724 bits per heavy atom. The average Bonchev–Trinajstić information content (AvgIpc) is 3.67. The highest BCUT2D eigenvalue weighted by molar-refractivity contribution is 7.19. The van der Waals surface area contributed by atoms with Crippen LogP contribution in [-0.4, -0.2) is 84.9 Å². The molecule has 0 aliphatic heterocycles. The molecular weight excluding hydrogens is 797 g/mol. The summed E-state index contributed by atoms with van der Waals surface area (Å²) in [6, 6.07) is 11.1. The molecule has 1 aliphatic carbocycles. The van der Waals surface area contributed by atoms with E-state index in [9.17, 15) is 20.1 Å². The van der Waals surface area contributed by atoms with Gasteiger partial charge in [0.2, 0.25) is 0 Å². The Bertz CT molecular complexity index is 1530. The van der Waals surface area contributed by atoms with Crippen molar-refractivity contribution in [2.45, 2.75) is 193 Å². The first-order valence-electron chi connectivity index (χ1n) is 22.1. The van der Waals surface area contributed by atoms with Gasteiger partial charge in [-0.3, -0.25) is 4.79 Å². The number of unbranched alkanes of at least 4 members (excludes halogenated alkanes) is 3. The molecule has 2 aromatic rings. The Labute approximate surface area is 360 Å². The number of rotatable bonds is 22. The summed E-state index contributed by atoms with van der Waals surface area (Å²) >= 11 is 1.88. The molecule has 334 valence electrons. The van der Waals surface area contributed by atoms with E-state index < -0.39 is 50.2 Å². The summed E-state index contributed by atoms with van der Waals surface area (Å²) < 4.78 is 28.9. The molecule has 0 saturated heterocycles. The zero-order valence-electron chi connectivity index (χ0n) is 39.3. The third kappa shape index (κ3) is 13.5. The van der Waals surface area contributed by atoms with Crippen molar-refractivity contribution in [2.24, 2.45) is 17.3 Å². The summed E-state index contributed by atoms with van der Waals surface area (Å²) in [7, 11) is -6.31. The number of esters is 1. The van der Waals surface area contributed by atoms with Crippen LogP contribution in [0, 0.1) is 17.3 Å². The normalized spacial score (nSPS) is 20.9. The molecule has 0 spiro atoms. The first kappa shape index (κ1) is 51.4. The lowest BCUT2D eigenvalue weighted by Crippen LogP contribution is -2.45. The summed E-state index contributed by atoms with van der Waals surface area (Å²) in [6.45, 7) is 33.8. The van der Waals surface area contributed by atoms with Gasteiger partial charge in [-0.25, -0.2) is 0 Å². The number of ether oxygens (including phenoxy) is 1. The van der Waals surface area contributed by atoms with E-state index in [0.717, 1.165) is 44.9 Å². The molecule has 3 N–H and O–H groups in total. The molecule has 12 heteroatoms. The van der Waals surface area contributed by atoms with Crippen molar-refractivity contribution in [2.75, 3.05) is 26.4 Å². The Balaban J connectivity index is 1.91. The van der Waals surface area contributed by atoms with Crippen LogP contribution in [0.1, 0.15) is 131 Å². The third-order valence-corrected chi connectivity index (χ3v) is 29.2. The van der Waals surface area contributed by atoms with E-state index in [2.05, 4.69) is 132 Å². The highest BCUT2D eigenvalue weighted by Crippen LogP contribution is 2.51. The Kier molecular flexibility index (Phi) is 18.2. The Hall–Kier alpha value is -0.939.